The smallest absolute Gasteiger partial charge is 0.243 e. The van der Waals surface area contributed by atoms with Gasteiger partial charge in [0, 0.05) is 20.6 Å². The van der Waals surface area contributed by atoms with Gasteiger partial charge in [0.15, 0.2) is 0 Å². The zero-order valence-corrected chi connectivity index (χ0v) is 16.7. The van der Waals surface area contributed by atoms with Crippen molar-refractivity contribution >= 4 is 15.9 Å². The molecule has 0 heterocycles. The molecule has 1 amide bonds. The minimum Gasteiger partial charge on any atom is -0.340 e. The number of nitrogens with zero attached hydrogens (tertiary/aromatic N) is 3. The number of hydrogen-bond donors (Lipinski definition) is 0. The van der Waals surface area contributed by atoms with Gasteiger partial charge in [-0.3, -0.25) is 4.79 Å². The van der Waals surface area contributed by atoms with Crippen LogP contribution in [0.5, 0.6) is 0 Å². The Bertz CT molecular complexity index is 977. The molecule has 6 nitrogen and oxygen atoms in total. The van der Waals surface area contributed by atoms with E-state index in [0.29, 0.717) is 12.1 Å². The first-order valence-electron chi connectivity index (χ1n) is 8.41. The van der Waals surface area contributed by atoms with Gasteiger partial charge in [-0.15, -0.1) is 0 Å². The summed E-state index contributed by atoms with van der Waals surface area (Å²) < 4.78 is 26.2. The fourth-order valence-electron chi connectivity index (χ4n) is 2.64. The highest BCUT2D eigenvalue weighted by molar-refractivity contribution is 7.89. The van der Waals surface area contributed by atoms with Gasteiger partial charge in [0.05, 0.1) is 23.1 Å². The van der Waals surface area contributed by atoms with Gasteiger partial charge in [0.1, 0.15) is 0 Å². The Hall–Kier alpha value is -2.69. The maximum atomic E-state index is 12.6. The molecule has 0 aliphatic carbocycles. The van der Waals surface area contributed by atoms with E-state index in [9.17, 15) is 13.2 Å². The van der Waals surface area contributed by atoms with Crippen LogP contribution in [0.2, 0.25) is 0 Å². The second kappa shape index (κ2) is 8.33. The lowest BCUT2D eigenvalue weighted by Crippen LogP contribution is -2.39. The van der Waals surface area contributed by atoms with Gasteiger partial charge in [-0.2, -0.15) is 9.57 Å². The summed E-state index contributed by atoms with van der Waals surface area (Å²) in [6, 6.07) is 13.6. The van der Waals surface area contributed by atoms with Crippen molar-refractivity contribution in [3.63, 3.8) is 0 Å². The molecule has 0 fully saturated rings. The molecule has 0 N–H and O–H groups in total. The number of nitriles is 1. The number of likely N-dealkylation sites (N-methyl/N-ethyl adjacent to an activating group) is 2. The second-order valence-corrected chi connectivity index (χ2v) is 8.62. The van der Waals surface area contributed by atoms with Crippen molar-refractivity contribution < 1.29 is 13.2 Å². The number of benzene rings is 2. The summed E-state index contributed by atoms with van der Waals surface area (Å²) in [4.78, 5) is 14.1. The summed E-state index contributed by atoms with van der Waals surface area (Å²) in [7, 11) is -0.775. The van der Waals surface area contributed by atoms with Crippen LogP contribution in [-0.2, 0) is 21.4 Å². The molecular weight excluding hydrogens is 362 g/mol. The first kappa shape index (κ1) is 20.6. The molecule has 142 valence electrons. The monoisotopic (exact) mass is 385 g/mol. The molecule has 2 rings (SSSR count). The topological polar surface area (TPSA) is 81.5 Å². The van der Waals surface area contributed by atoms with Crippen LogP contribution in [0.3, 0.4) is 0 Å². The van der Waals surface area contributed by atoms with E-state index < -0.39 is 10.0 Å². The van der Waals surface area contributed by atoms with Crippen LogP contribution in [0.15, 0.2) is 47.4 Å². The highest BCUT2D eigenvalue weighted by Gasteiger charge is 2.24. The van der Waals surface area contributed by atoms with E-state index in [1.54, 1.807) is 7.05 Å². The van der Waals surface area contributed by atoms with E-state index in [1.807, 2.05) is 32.0 Å². The lowest BCUT2D eigenvalue weighted by atomic mass is 10.1. The van der Waals surface area contributed by atoms with Crippen molar-refractivity contribution in [1.29, 1.82) is 5.26 Å². The molecular formula is C20H23N3O3S. The molecule has 0 aliphatic heterocycles. The van der Waals surface area contributed by atoms with Crippen molar-refractivity contribution in [2.75, 3.05) is 20.6 Å². The van der Waals surface area contributed by atoms with Gasteiger partial charge < -0.3 is 4.90 Å². The molecule has 0 saturated heterocycles. The zero-order valence-electron chi connectivity index (χ0n) is 15.9. The van der Waals surface area contributed by atoms with Crippen LogP contribution in [0.4, 0.5) is 0 Å². The number of amides is 1. The Labute approximate surface area is 160 Å². The van der Waals surface area contributed by atoms with E-state index in [-0.39, 0.29) is 17.3 Å². The Morgan fingerprint density at radius 3 is 2.26 bits per heavy atom. The van der Waals surface area contributed by atoms with Gasteiger partial charge in [0.25, 0.3) is 0 Å². The van der Waals surface area contributed by atoms with E-state index in [2.05, 4.69) is 6.07 Å². The molecule has 27 heavy (non-hydrogen) atoms. The average Bonchev–Trinajstić information content (AvgIpc) is 2.63. The first-order chi connectivity index (χ1) is 12.6. The molecule has 0 aromatic heterocycles. The third-order valence-electron chi connectivity index (χ3n) is 4.38. The summed E-state index contributed by atoms with van der Waals surface area (Å²) in [6.45, 7) is 4.15. The zero-order chi connectivity index (χ0) is 20.2. The predicted octanol–water partition coefficient (Wildman–Crippen LogP) is 2.45. The minimum absolute atomic E-state index is 0.0498. The second-order valence-electron chi connectivity index (χ2n) is 6.58. The van der Waals surface area contributed by atoms with Crippen LogP contribution in [0.1, 0.15) is 22.3 Å². The quantitative estimate of drug-likeness (QED) is 0.765. The molecule has 7 heteroatoms. The van der Waals surface area contributed by atoms with Crippen molar-refractivity contribution in [1.82, 2.24) is 9.21 Å². The van der Waals surface area contributed by atoms with Crippen molar-refractivity contribution in [2.45, 2.75) is 25.3 Å². The molecule has 0 aliphatic rings. The minimum atomic E-state index is -3.80. The lowest BCUT2D eigenvalue weighted by molar-refractivity contribution is -0.130. The maximum absolute atomic E-state index is 12.6. The third-order valence-corrected chi connectivity index (χ3v) is 6.20. The highest BCUT2D eigenvalue weighted by Crippen LogP contribution is 2.16. The van der Waals surface area contributed by atoms with Gasteiger partial charge in [-0.1, -0.05) is 23.8 Å². The summed E-state index contributed by atoms with van der Waals surface area (Å²) in [5.74, 6) is -0.297. The van der Waals surface area contributed by atoms with Crippen molar-refractivity contribution in [3.8, 4) is 6.07 Å². The van der Waals surface area contributed by atoms with E-state index in [4.69, 9.17) is 5.26 Å². The molecule has 2 aromatic carbocycles. The molecule has 2 aromatic rings. The number of aryl methyl sites for hydroxylation is 2. The fourth-order valence-corrected chi connectivity index (χ4v) is 3.76. The van der Waals surface area contributed by atoms with Crippen LogP contribution < -0.4 is 0 Å². The molecule has 0 spiro atoms. The normalized spacial score (nSPS) is 11.3. The number of hydrogen-bond acceptors (Lipinski definition) is 4. The van der Waals surface area contributed by atoms with Gasteiger partial charge >= 0.3 is 0 Å². The Balaban J connectivity index is 2.07. The summed E-state index contributed by atoms with van der Waals surface area (Å²) in [5.41, 5.74) is 3.64. The number of carbonyl (C=O) groups excluding carboxylic acids is 1. The van der Waals surface area contributed by atoms with Crippen molar-refractivity contribution in [3.05, 3.63) is 64.7 Å². The van der Waals surface area contributed by atoms with E-state index in [1.165, 1.54) is 36.2 Å². The third kappa shape index (κ3) is 4.94. The average molecular weight is 385 g/mol. The van der Waals surface area contributed by atoms with Crippen LogP contribution in [0.25, 0.3) is 0 Å². The number of carbonyl (C=O) groups is 1. The lowest BCUT2D eigenvalue weighted by Gasteiger charge is -2.22. The van der Waals surface area contributed by atoms with Crippen molar-refractivity contribution in [2.24, 2.45) is 0 Å². The summed E-state index contributed by atoms with van der Waals surface area (Å²) in [5, 5.41) is 8.82. The van der Waals surface area contributed by atoms with Gasteiger partial charge in [-0.25, -0.2) is 8.42 Å². The van der Waals surface area contributed by atoms with E-state index >= 15 is 0 Å². The predicted molar refractivity (Wildman–Crippen MR) is 103 cm³/mol. The Morgan fingerprint density at radius 1 is 1.07 bits per heavy atom. The van der Waals surface area contributed by atoms with Crippen LogP contribution in [-0.4, -0.2) is 44.2 Å². The molecule has 0 saturated carbocycles. The van der Waals surface area contributed by atoms with Crippen LogP contribution >= 0.6 is 0 Å². The Kier molecular flexibility index (Phi) is 6.37. The largest absolute Gasteiger partial charge is 0.340 e. The van der Waals surface area contributed by atoms with Gasteiger partial charge in [0.2, 0.25) is 15.9 Å². The SMILES string of the molecule is Cc1ccc(CN(C)C(=O)CN(C)S(=O)(=O)c2ccc(C#N)cc2)c(C)c1. The highest BCUT2D eigenvalue weighted by atomic mass is 32.2. The standard InChI is InChI=1S/C20H23N3O3S/c1-15-5-8-18(16(2)11-15)13-22(3)20(24)14-23(4)27(25,26)19-9-6-17(12-21)7-10-19/h5-11H,13-14H2,1-4H3. The van der Waals surface area contributed by atoms with E-state index in [0.717, 1.165) is 21.0 Å². The fraction of sp³-hybridized carbons (Fsp3) is 0.300. The Morgan fingerprint density at radius 2 is 1.70 bits per heavy atom. The first-order valence-corrected chi connectivity index (χ1v) is 9.85. The van der Waals surface area contributed by atoms with Crippen LogP contribution in [0, 0.1) is 25.2 Å². The maximum Gasteiger partial charge on any atom is 0.243 e. The number of rotatable bonds is 6. The number of sulfonamides is 1. The molecule has 0 radical (unpaired) electrons. The molecule has 0 atom stereocenters. The summed E-state index contributed by atoms with van der Waals surface area (Å²) in [6.07, 6.45) is 0. The molecule has 0 unspecified atom stereocenters. The molecule has 0 bridgehead atoms. The summed E-state index contributed by atoms with van der Waals surface area (Å²) >= 11 is 0. The van der Waals surface area contributed by atoms with Gasteiger partial charge in [-0.05, 0) is 49.2 Å².